The highest BCUT2D eigenvalue weighted by atomic mass is 16.7. The summed E-state index contributed by atoms with van der Waals surface area (Å²) in [7, 11) is 4.21. The Kier molecular flexibility index (Phi) is 6.87. The zero-order chi connectivity index (χ0) is 21.7. The summed E-state index contributed by atoms with van der Waals surface area (Å²) < 4.78 is 22.9. The van der Waals surface area contributed by atoms with Crippen molar-refractivity contribution >= 4 is 16.9 Å². The Morgan fingerprint density at radius 1 is 0.967 bits per heavy atom. The van der Waals surface area contributed by atoms with Crippen molar-refractivity contribution in [1.82, 2.24) is 4.57 Å². The molecule has 0 saturated heterocycles. The van der Waals surface area contributed by atoms with Crippen molar-refractivity contribution in [2.75, 3.05) is 21.3 Å². The van der Waals surface area contributed by atoms with E-state index in [0.717, 1.165) is 5.39 Å². The average molecular weight is 411 g/mol. The van der Waals surface area contributed by atoms with Gasteiger partial charge < -0.3 is 18.9 Å². The van der Waals surface area contributed by atoms with Crippen LogP contribution in [0.1, 0.15) is 31.2 Å². The van der Waals surface area contributed by atoms with Crippen molar-refractivity contribution in [2.45, 2.75) is 25.7 Å². The van der Waals surface area contributed by atoms with Crippen LogP contribution in [-0.2, 0) is 19.0 Å². The molecule has 1 unspecified atom stereocenters. The van der Waals surface area contributed by atoms with Crippen LogP contribution in [-0.4, -0.2) is 31.9 Å². The van der Waals surface area contributed by atoms with E-state index in [9.17, 15) is 9.59 Å². The van der Waals surface area contributed by atoms with Gasteiger partial charge >= 0.3 is 5.97 Å². The lowest BCUT2D eigenvalue weighted by Crippen LogP contribution is -2.34. The molecule has 1 aromatic heterocycles. The number of aromatic nitrogens is 1. The maximum Gasteiger partial charge on any atom is 0.328 e. The highest BCUT2D eigenvalue weighted by molar-refractivity contribution is 5.84. The van der Waals surface area contributed by atoms with Crippen LogP contribution in [0.5, 0.6) is 11.5 Å². The quantitative estimate of drug-likeness (QED) is 0.408. The average Bonchev–Trinajstić information content (AvgIpc) is 2.77. The number of fused-ring (bicyclic) bond motifs is 1. The molecule has 1 heterocycles. The van der Waals surface area contributed by atoms with Crippen molar-refractivity contribution < 1.29 is 23.7 Å². The number of pyridine rings is 1. The SMILES string of the molecule is CCC(C(=O)OC)n1c(=O)c(C(OC)OC)cc2ccc(Oc3ccccc3)cc21. The minimum absolute atomic E-state index is 0.298. The van der Waals surface area contributed by atoms with E-state index in [4.69, 9.17) is 18.9 Å². The lowest BCUT2D eigenvalue weighted by atomic mass is 10.1. The molecule has 7 nitrogen and oxygen atoms in total. The van der Waals surface area contributed by atoms with Gasteiger partial charge in [-0.1, -0.05) is 25.1 Å². The first kappa shape index (κ1) is 21.5. The number of rotatable bonds is 8. The maximum atomic E-state index is 13.4. The minimum atomic E-state index is -0.858. The summed E-state index contributed by atoms with van der Waals surface area (Å²) in [5.41, 5.74) is 0.470. The van der Waals surface area contributed by atoms with Crippen LogP contribution in [0.3, 0.4) is 0 Å². The molecule has 0 aliphatic carbocycles. The molecule has 30 heavy (non-hydrogen) atoms. The van der Waals surface area contributed by atoms with E-state index in [1.807, 2.05) is 49.4 Å². The summed E-state index contributed by atoms with van der Waals surface area (Å²) in [5, 5.41) is 0.742. The Bertz CT molecular complexity index is 1070. The molecule has 158 valence electrons. The number of nitrogens with zero attached hydrogens (tertiary/aromatic N) is 1. The van der Waals surface area contributed by atoms with E-state index >= 15 is 0 Å². The summed E-state index contributed by atoms with van der Waals surface area (Å²) in [4.78, 5) is 25.8. The number of carbonyl (C=O) groups excluding carboxylic acids is 1. The summed E-state index contributed by atoms with van der Waals surface area (Å²) in [6, 6.07) is 15.6. The molecule has 0 fully saturated rings. The van der Waals surface area contributed by atoms with Crippen LogP contribution in [0.4, 0.5) is 0 Å². The molecule has 3 aromatic rings. The number of methoxy groups -OCH3 is 3. The highest BCUT2D eigenvalue weighted by Crippen LogP contribution is 2.29. The first-order valence-electron chi connectivity index (χ1n) is 9.59. The summed E-state index contributed by atoms with van der Waals surface area (Å²) in [6.45, 7) is 1.82. The number of esters is 1. The van der Waals surface area contributed by atoms with E-state index < -0.39 is 18.3 Å². The van der Waals surface area contributed by atoms with Crippen molar-refractivity contribution in [1.29, 1.82) is 0 Å². The fourth-order valence-corrected chi connectivity index (χ4v) is 3.44. The summed E-state index contributed by atoms with van der Waals surface area (Å²) >= 11 is 0. The van der Waals surface area contributed by atoms with Crippen molar-refractivity contribution in [3.63, 3.8) is 0 Å². The molecule has 7 heteroatoms. The Morgan fingerprint density at radius 2 is 1.67 bits per heavy atom. The van der Waals surface area contributed by atoms with Crippen molar-refractivity contribution in [3.8, 4) is 11.5 Å². The van der Waals surface area contributed by atoms with E-state index in [-0.39, 0.29) is 5.56 Å². The standard InChI is InChI=1S/C23H25NO6/c1-5-19(22(26)27-2)24-20-14-17(30-16-9-7-6-8-10-16)12-11-15(20)13-18(21(24)25)23(28-3)29-4/h6-14,19,23H,5H2,1-4H3. The normalized spacial score (nSPS) is 12.2. The molecular formula is C23H25NO6. The van der Waals surface area contributed by atoms with E-state index in [1.165, 1.54) is 25.9 Å². The van der Waals surface area contributed by atoms with Crippen LogP contribution in [0.2, 0.25) is 0 Å². The van der Waals surface area contributed by atoms with Crippen LogP contribution < -0.4 is 10.3 Å². The van der Waals surface area contributed by atoms with Crippen LogP contribution in [0.25, 0.3) is 10.9 Å². The zero-order valence-corrected chi connectivity index (χ0v) is 17.5. The van der Waals surface area contributed by atoms with E-state index in [2.05, 4.69) is 0 Å². The van der Waals surface area contributed by atoms with Gasteiger partial charge in [0.15, 0.2) is 6.29 Å². The molecule has 2 aromatic carbocycles. The van der Waals surface area contributed by atoms with Crippen molar-refractivity contribution in [3.05, 3.63) is 70.5 Å². The molecular weight excluding hydrogens is 386 g/mol. The number of hydrogen-bond donors (Lipinski definition) is 0. The summed E-state index contributed by atoms with van der Waals surface area (Å²) in [5.74, 6) is 0.712. The number of para-hydroxylation sites is 1. The fourth-order valence-electron chi connectivity index (χ4n) is 3.44. The monoisotopic (exact) mass is 411 g/mol. The van der Waals surface area contributed by atoms with Gasteiger partial charge in [0, 0.05) is 20.3 Å². The second-order valence-corrected chi connectivity index (χ2v) is 6.66. The third-order valence-corrected chi connectivity index (χ3v) is 4.87. The molecule has 0 bridgehead atoms. The number of hydrogen-bond acceptors (Lipinski definition) is 6. The molecule has 3 rings (SSSR count). The molecule has 0 radical (unpaired) electrons. The largest absolute Gasteiger partial charge is 0.467 e. The highest BCUT2D eigenvalue weighted by Gasteiger charge is 2.26. The minimum Gasteiger partial charge on any atom is -0.467 e. The Labute approximate surface area is 174 Å². The van der Waals surface area contributed by atoms with Gasteiger partial charge in [-0.2, -0.15) is 0 Å². The number of carbonyl (C=O) groups is 1. The smallest absolute Gasteiger partial charge is 0.328 e. The molecule has 0 saturated carbocycles. The topological polar surface area (TPSA) is 76.0 Å². The van der Waals surface area contributed by atoms with Gasteiger partial charge in [-0.05, 0) is 42.1 Å². The Hall–Kier alpha value is -3.16. The molecule has 1 atom stereocenters. The molecule has 0 spiro atoms. The first-order chi connectivity index (χ1) is 14.5. The van der Waals surface area contributed by atoms with Gasteiger partial charge in [0.05, 0.1) is 18.2 Å². The third-order valence-electron chi connectivity index (χ3n) is 4.87. The fraction of sp³-hybridized carbons (Fsp3) is 0.304. The first-order valence-corrected chi connectivity index (χ1v) is 9.59. The predicted molar refractivity (Wildman–Crippen MR) is 113 cm³/mol. The lowest BCUT2D eigenvalue weighted by molar-refractivity contribution is -0.144. The molecule has 0 aliphatic rings. The van der Waals surface area contributed by atoms with Gasteiger partial charge in [0.25, 0.3) is 5.56 Å². The second-order valence-electron chi connectivity index (χ2n) is 6.66. The number of benzene rings is 2. The predicted octanol–water partition coefficient (Wildman–Crippen LogP) is 4.21. The second kappa shape index (κ2) is 9.56. The Morgan fingerprint density at radius 3 is 2.27 bits per heavy atom. The van der Waals surface area contributed by atoms with Gasteiger partial charge in [-0.25, -0.2) is 4.79 Å². The van der Waals surface area contributed by atoms with Crippen LogP contribution in [0.15, 0.2) is 59.4 Å². The van der Waals surface area contributed by atoms with Crippen LogP contribution in [0, 0.1) is 0 Å². The molecule has 0 amide bonds. The van der Waals surface area contributed by atoms with Gasteiger partial charge in [0.1, 0.15) is 17.5 Å². The van der Waals surface area contributed by atoms with Gasteiger partial charge in [-0.3, -0.25) is 9.36 Å². The van der Waals surface area contributed by atoms with Gasteiger partial charge in [0.2, 0.25) is 0 Å². The maximum absolute atomic E-state index is 13.4. The van der Waals surface area contributed by atoms with E-state index in [1.54, 1.807) is 12.1 Å². The Balaban J connectivity index is 2.24. The van der Waals surface area contributed by atoms with E-state index in [0.29, 0.717) is 29.0 Å². The molecule has 0 aliphatic heterocycles. The lowest BCUT2D eigenvalue weighted by Gasteiger charge is -2.22. The number of ether oxygens (including phenoxy) is 4. The van der Waals surface area contributed by atoms with Crippen LogP contribution >= 0.6 is 0 Å². The third kappa shape index (κ3) is 4.22. The molecule has 0 N–H and O–H groups in total. The van der Waals surface area contributed by atoms with Crippen molar-refractivity contribution in [2.24, 2.45) is 0 Å². The summed E-state index contributed by atoms with van der Waals surface area (Å²) in [6.07, 6.45) is -0.483. The van der Waals surface area contributed by atoms with Gasteiger partial charge in [-0.15, -0.1) is 0 Å². The zero-order valence-electron chi connectivity index (χ0n) is 17.5.